The molecule has 7 nitrogen and oxygen atoms in total. The lowest BCUT2D eigenvalue weighted by molar-refractivity contribution is -0.137. The summed E-state index contributed by atoms with van der Waals surface area (Å²) in [5.74, 6) is -0.575. The van der Waals surface area contributed by atoms with E-state index in [1.54, 1.807) is 23.4 Å². The van der Waals surface area contributed by atoms with E-state index in [-0.39, 0.29) is 18.2 Å². The van der Waals surface area contributed by atoms with Crippen LogP contribution in [0.1, 0.15) is 36.0 Å². The van der Waals surface area contributed by atoms with Gasteiger partial charge in [0.15, 0.2) is 0 Å². The van der Waals surface area contributed by atoms with Gasteiger partial charge in [-0.05, 0) is 37.3 Å². The predicted molar refractivity (Wildman–Crippen MR) is 78.5 cm³/mol. The molecule has 0 aromatic carbocycles. The van der Waals surface area contributed by atoms with Crippen molar-refractivity contribution in [1.82, 2.24) is 19.7 Å². The third kappa shape index (κ3) is 2.93. The first-order valence-corrected chi connectivity index (χ1v) is 7.45. The monoisotopic (exact) mass is 302 g/mol. The second kappa shape index (κ2) is 6.13. The molecule has 1 N–H and O–H groups in total. The molecule has 3 rings (SSSR count). The van der Waals surface area contributed by atoms with Crippen LogP contribution in [0.5, 0.6) is 0 Å². The molecule has 2 aromatic rings. The zero-order valence-electron chi connectivity index (χ0n) is 12.2. The molecular formula is C15H18N4O3. The van der Waals surface area contributed by atoms with Crippen LogP contribution in [0.2, 0.25) is 0 Å². The summed E-state index contributed by atoms with van der Waals surface area (Å²) in [6.07, 6.45) is 5.84. The molecule has 1 atom stereocenters. The Morgan fingerprint density at radius 3 is 3.05 bits per heavy atom. The fraction of sp³-hybridized carbons (Fsp3) is 0.467. The Hall–Kier alpha value is -2.44. The number of hydrogen-bond acceptors (Lipinski definition) is 4. The Morgan fingerprint density at radius 1 is 1.36 bits per heavy atom. The van der Waals surface area contributed by atoms with Gasteiger partial charge in [0.25, 0.3) is 5.91 Å². The molecule has 0 saturated carbocycles. The highest BCUT2D eigenvalue weighted by atomic mass is 16.4. The topological polar surface area (TPSA) is 87.8 Å². The van der Waals surface area contributed by atoms with Crippen LogP contribution in [0.4, 0.5) is 0 Å². The van der Waals surface area contributed by atoms with E-state index in [1.807, 2.05) is 6.07 Å². The van der Waals surface area contributed by atoms with E-state index in [9.17, 15) is 9.59 Å². The molecule has 1 aliphatic rings. The molecule has 1 unspecified atom stereocenters. The quantitative estimate of drug-likeness (QED) is 0.923. The molecular weight excluding hydrogens is 284 g/mol. The molecule has 1 saturated heterocycles. The number of carbonyl (C=O) groups excluding carboxylic acids is 1. The summed E-state index contributed by atoms with van der Waals surface area (Å²) in [7, 11) is 0. The van der Waals surface area contributed by atoms with Crippen LogP contribution in [0.15, 0.2) is 24.5 Å². The third-order valence-corrected chi connectivity index (χ3v) is 4.11. The van der Waals surface area contributed by atoms with E-state index < -0.39 is 5.97 Å². The van der Waals surface area contributed by atoms with E-state index in [0.717, 1.165) is 12.8 Å². The van der Waals surface area contributed by atoms with Crippen LogP contribution in [-0.2, 0) is 4.79 Å². The third-order valence-electron chi connectivity index (χ3n) is 4.11. The normalized spacial score (nSPS) is 18.5. The SMILES string of the molecule is O=C(O)CCC1CCCN(C(=O)c2cnn3ncccc23)C1. The zero-order valence-corrected chi connectivity index (χ0v) is 12.2. The van der Waals surface area contributed by atoms with Gasteiger partial charge in [-0.2, -0.15) is 14.8 Å². The zero-order chi connectivity index (χ0) is 15.5. The highest BCUT2D eigenvalue weighted by Gasteiger charge is 2.26. The Labute approximate surface area is 127 Å². The highest BCUT2D eigenvalue weighted by Crippen LogP contribution is 2.23. The number of carbonyl (C=O) groups is 2. The number of hydrogen-bond donors (Lipinski definition) is 1. The van der Waals surface area contributed by atoms with Crippen molar-refractivity contribution in [2.75, 3.05) is 13.1 Å². The highest BCUT2D eigenvalue weighted by molar-refractivity contribution is 6.00. The first-order valence-electron chi connectivity index (χ1n) is 7.45. The molecule has 0 bridgehead atoms. The van der Waals surface area contributed by atoms with Gasteiger partial charge in [0.05, 0.1) is 11.8 Å². The van der Waals surface area contributed by atoms with Crippen LogP contribution in [0.3, 0.4) is 0 Å². The maximum atomic E-state index is 12.7. The number of rotatable bonds is 4. The van der Waals surface area contributed by atoms with Gasteiger partial charge in [-0.3, -0.25) is 9.59 Å². The summed E-state index contributed by atoms with van der Waals surface area (Å²) in [6, 6.07) is 3.60. The number of nitrogens with zero attached hydrogens (tertiary/aromatic N) is 4. The van der Waals surface area contributed by atoms with Gasteiger partial charge < -0.3 is 10.0 Å². The van der Waals surface area contributed by atoms with Gasteiger partial charge in [0, 0.05) is 25.7 Å². The van der Waals surface area contributed by atoms with E-state index in [4.69, 9.17) is 5.11 Å². The second-order valence-electron chi connectivity index (χ2n) is 5.65. The van der Waals surface area contributed by atoms with Crippen LogP contribution < -0.4 is 0 Å². The molecule has 0 radical (unpaired) electrons. The molecule has 0 aliphatic carbocycles. The smallest absolute Gasteiger partial charge is 0.303 e. The average Bonchev–Trinajstić information content (AvgIpc) is 2.96. The van der Waals surface area contributed by atoms with E-state index >= 15 is 0 Å². The first-order chi connectivity index (χ1) is 10.6. The number of amides is 1. The Bertz CT molecular complexity index is 697. The molecule has 7 heteroatoms. The number of fused-ring (bicyclic) bond motifs is 1. The Morgan fingerprint density at radius 2 is 2.23 bits per heavy atom. The first kappa shape index (κ1) is 14.5. The van der Waals surface area contributed by atoms with Crippen molar-refractivity contribution in [2.45, 2.75) is 25.7 Å². The van der Waals surface area contributed by atoms with Crippen molar-refractivity contribution in [3.05, 3.63) is 30.1 Å². The van der Waals surface area contributed by atoms with Gasteiger partial charge >= 0.3 is 5.97 Å². The lowest BCUT2D eigenvalue weighted by Crippen LogP contribution is -2.40. The second-order valence-corrected chi connectivity index (χ2v) is 5.65. The lowest BCUT2D eigenvalue weighted by atomic mass is 9.93. The molecule has 2 aromatic heterocycles. The minimum absolute atomic E-state index is 0.0528. The molecule has 1 aliphatic heterocycles. The predicted octanol–water partition coefficient (Wildman–Crippen LogP) is 1.45. The number of carboxylic acids is 1. The summed E-state index contributed by atoms with van der Waals surface area (Å²) >= 11 is 0. The van der Waals surface area contributed by atoms with Crippen LogP contribution in [-0.4, -0.2) is 49.8 Å². The molecule has 1 fully saturated rings. The van der Waals surface area contributed by atoms with Gasteiger partial charge in [-0.1, -0.05) is 0 Å². The Balaban J connectivity index is 1.73. The number of aromatic nitrogens is 3. The number of aliphatic carboxylic acids is 1. The summed E-state index contributed by atoms with van der Waals surface area (Å²) in [6.45, 7) is 1.32. The van der Waals surface area contributed by atoms with Crippen LogP contribution >= 0.6 is 0 Å². The van der Waals surface area contributed by atoms with Crippen molar-refractivity contribution in [1.29, 1.82) is 0 Å². The summed E-state index contributed by atoms with van der Waals surface area (Å²) in [5, 5.41) is 16.9. The summed E-state index contributed by atoms with van der Waals surface area (Å²) in [5.41, 5.74) is 1.24. The fourth-order valence-electron chi connectivity index (χ4n) is 2.98. The van der Waals surface area contributed by atoms with Crippen LogP contribution in [0.25, 0.3) is 5.52 Å². The maximum Gasteiger partial charge on any atom is 0.303 e. The van der Waals surface area contributed by atoms with Crippen molar-refractivity contribution < 1.29 is 14.7 Å². The molecule has 0 spiro atoms. The summed E-state index contributed by atoms with van der Waals surface area (Å²) < 4.78 is 1.44. The average molecular weight is 302 g/mol. The van der Waals surface area contributed by atoms with Crippen molar-refractivity contribution in [3.63, 3.8) is 0 Å². The summed E-state index contributed by atoms with van der Waals surface area (Å²) in [4.78, 5) is 25.2. The number of carboxylic acid groups (broad SMARTS) is 1. The van der Waals surface area contributed by atoms with Crippen molar-refractivity contribution >= 4 is 17.4 Å². The van der Waals surface area contributed by atoms with Gasteiger partial charge in [-0.25, -0.2) is 0 Å². The van der Waals surface area contributed by atoms with Gasteiger partial charge in [-0.15, -0.1) is 0 Å². The number of piperidine rings is 1. The van der Waals surface area contributed by atoms with Gasteiger partial charge in [0.2, 0.25) is 0 Å². The Kier molecular flexibility index (Phi) is 4.04. The molecule has 1 amide bonds. The maximum absolute atomic E-state index is 12.7. The van der Waals surface area contributed by atoms with E-state index in [1.165, 1.54) is 4.63 Å². The van der Waals surface area contributed by atoms with Crippen molar-refractivity contribution in [2.24, 2.45) is 5.92 Å². The number of likely N-dealkylation sites (tertiary alicyclic amines) is 1. The molecule has 3 heterocycles. The minimum Gasteiger partial charge on any atom is -0.481 e. The van der Waals surface area contributed by atoms with E-state index in [2.05, 4.69) is 10.2 Å². The van der Waals surface area contributed by atoms with Crippen LogP contribution in [0, 0.1) is 5.92 Å². The largest absolute Gasteiger partial charge is 0.481 e. The van der Waals surface area contributed by atoms with E-state index in [0.29, 0.717) is 30.6 Å². The lowest BCUT2D eigenvalue weighted by Gasteiger charge is -2.32. The van der Waals surface area contributed by atoms with Crippen molar-refractivity contribution in [3.8, 4) is 0 Å². The molecule has 116 valence electrons. The standard InChI is InChI=1S/C15H18N4O3/c20-14(21)6-5-11-3-2-8-18(10-11)15(22)12-9-17-19-13(12)4-1-7-16-19/h1,4,7,9,11H,2-3,5-6,8,10H2,(H,20,21). The fourth-order valence-corrected chi connectivity index (χ4v) is 2.98. The minimum atomic E-state index is -0.780. The molecule has 22 heavy (non-hydrogen) atoms. The van der Waals surface area contributed by atoms with Gasteiger partial charge in [0.1, 0.15) is 5.52 Å².